The molecule has 0 N–H and O–H groups in total. The molecule has 10 heavy (non-hydrogen) atoms. The fraction of sp³-hybridized carbons (Fsp3) is 0.857. The summed E-state index contributed by atoms with van der Waals surface area (Å²) in [7, 11) is 3.75. The topological polar surface area (TPSA) is 15.6 Å². The molecule has 0 radical (unpaired) electrons. The predicted octanol–water partition coefficient (Wildman–Crippen LogP) is 1.94. The molecule has 0 heterocycles. The van der Waals surface area contributed by atoms with Crippen LogP contribution in [0.1, 0.15) is 20.8 Å². The lowest BCUT2D eigenvalue weighted by atomic mass is 10.1. The second kappa shape index (κ2) is 3.24. The summed E-state index contributed by atoms with van der Waals surface area (Å²) in [4.78, 5) is 6.00. The molecule has 0 saturated heterocycles. The van der Waals surface area contributed by atoms with Gasteiger partial charge in [-0.15, -0.1) is 0 Å². The normalized spacial score (nSPS) is 13.6. The Kier molecular flexibility index (Phi) is 3.16. The van der Waals surface area contributed by atoms with Gasteiger partial charge in [0.1, 0.15) is 0 Å². The van der Waals surface area contributed by atoms with E-state index in [2.05, 4.69) is 4.99 Å². The molecule has 0 saturated carbocycles. The van der Waals surface area contributed by atoms with Crippen LogP contribution in [0.4, 0.5) is 0 Å². The van der Waals surface area contributed by atoms with Crippen molar-refractivity contribution in [3.8, 4) is 0 Å². The molecule has 0 aliphatic carbocycles. The zero-order valence-electron chi connectivity index (χ0n) is 7.27. The third-order valence-electron chi connectivity index (χ3n) is 0.797. The first-order chi connectivity index (χ1) is 4.33. The van der Waals surface area contributed by atoms with Crippen LogP contribution in [0.25, 0.3) is 0 Å². The lowest BCUT2D eigenvalue weighted by Gasteiger charge is -2.16. The molecule has 0 aliphatic heterocycles. The first-order valence-electron chi connectivity index (χ1n) is 3.25. The standard InChI is InChI=1S/C7H15ClN2/c1-7(2,3)9-6(8)10(4)5/h1-5H3. The Balaban J connectivity index is 4.17. The highest BCUT2D eigenvalue weighted by Crippen LogP contribution is 2.08. The van der Waals surface area contributed by atoms with E-state index in [4.69, 9.17) is 11.6 Å². The van der Waals surface area contributed by atoms with Crippen LogP contribution in [-0.4, -0.2) is 29.8 Å². The first-order valence-corrected chi connectivity index (χ1v) is 3.63. The summed E-state index contributed by atoms with van der Waals surface area (Å²) in [6.07, 6.45) is 0. The van der Waals surface area contributed by atoms with E-state index in [1.54, 1.807) is 4.90 Å². The largest absolute Gasteiger partial charge is 0.353 e. The number of aliphatic imine (C=N–C) groups is 1. The number of hydrogen-bond acceptors (Lipinski definition) is 1. The average Bonchev–Trinajstić information content (AvgIpc) is 1.60. The van der Waals surface area contributed by atoms with Gasteiger partial charge >= 0.3 is 0 Å². The summed E-state index contributed by atoms with van der Waals surface area (Å²) < 4.78 is 0. The fourth-order valence-electron chi connectivity index (χ4n) is 0.377. The maximum Gasteiger partial charge on any atom is 0.193 e. The van der Waals surface area contributed by atoms with Crippen molar-refractivity contribution in [2.45, 2.75) is 26.3 Å². The summed E-state index contributed by atoms with van der Waals surface area (Å²) >= 11 is 5.78. The van der Waals surface area contributed by atoms with Gasteiger partial charge in [-0.05, 0) is 32.4 Å². The molecular formula is C7H15ClN2. The van der Waals surface area contributed by atoms with Crippen molar-refractivity contribution in [2.75, 3.05) is 14.1 Å². The molecular weight excluding hydrogens is 148 g/mol. The van der Waals surface area contributed by atoms with E-state index in [-0.39, 0.29) is 5.54 Å². The Bertz CT molecular complexity index is 133. The molecule has 0 bridgehead atoms. The quantitative estimate of drug-likeness (QED) is 0.302. The van der Waals surface area contributed by atoms with Gasteiger partial charge in [0.25, 0.3) is 0 Å². The van der Waals surface area contributed by atoms with E-state index in [9.17, 15) is 0 Å². The van der Waals surface area contributed by atoms with Crippen molar-refractivity contribution in [1.82, 2.24) is 4.90 Å². The maximum absolute atomic E-state index is 5.78. The zero-order chi connectivity index (χ0) is 8.36. The third-order valence-corrected chi connectivity index (χ3v) is 1.22. The van der Waals surface area contributed by atoms with Gasteiger partial charge < -0.3 is 4.90 Å². The van der Waals surface area contributed by atoms with Crippen LogP contribution in [0, 0.1) is 0 Å². The van der Waals surface area contributed by atoms with Crippen LogP contribution in [0.15, 0.2) is 4.99 Å². The predicted molar refractivity (Wildman–Crippen MR) is 46.7 cm³/mol. The van der Waals surface area contributed by atoms with Gasteiger partial charge in [0, 0.05) is 14.1 Å². The van der Waals surface area contributed by atoms with Gasteiger partial charge in [-0.2, -0.15) is 0 Å². The molecule has 0 aromatic heterocycles. The van der Waals surface area contributed by atoms with E-state index in [0.717, 1.165) is 0 Å². The van der Waals surface area contributed by atoms with Crippen molar-refractivity contribution in [3.63, 3.8) is 0 Å². The van der Waals surface area contributed by atoms with E-state index in [0.29, 0.717) is 5.29 Å². The molecule has 0 atom stereocenters. The van der Waals surface area contributed by atoms with Crippen molar-refractivity contribution in [1.29, 1.82) is 0 Å². The molecule has 0 spiro atoms. The van der Waals surface area contributed by atoms with Gasteiger partial charge in [0.15, 0.2) is 5.29 Å². The van der Waals surface area contributed by atoms with E-state index in [1.165, 1.54) is 0 Å². The number of rotatable bonds is 0. The number of halogens is 1. The number of nitrogens with zero attached hydrogens (tertiary/aromatic N) is 2. The van der Waals surface area contributed by atoms with Crippen molar-refractivity contribution < 1.29 is 0 Å². The molecule has 0 rings (SSSR count). The van der Waals surface area contributed by atoms with Crippen LogP contribution in [-0.2, 0) is 0 Å². The average molecular weight is 163 g/mol. The van der Waals surface area contributed by atoms with Crippen molar-refractivity contribution in [2.24, 2.45) is 4.99 Å². The maximum atomic E-state index is 5.78. The molecule has 0 fully saturated rings. The second-order valence-corrected chi connectivity index (χ2v) is 3.78. The summed E-state index contributed by atoms with van der Waals surface area (Å²) in [6.45, 7) is 6.04. The highest BCUT2D eigenvalue weighted by atomic mass is 35.5. The van der Waals surface area contributed by atoms with Gasteiger partial charge in [0.2, 0.25) is 0 Å². The minimum Gasteiger partial charge on any atom is -0.353 e. The van der Waals surface area contributed by atoms with Crippen LogP contribution >= 0.6 is 11.6 Å². The molecule has 0 amide bonds. The Morgan fingerprint density at radius 2 is 1.70 bits per heavy atom. The smallest absolute Gasteiger partial charge is 0.193 e. The summed E-state index contributed by atoms with van der Waals surface area (Å²) in [5, 5.41) is 0.549. The highest BCUT2D eigenvalue weighted by Gasteiger charge is 2.08. The fourth-order valence-corrected chi connectivity index (χ4v) is 0.630. The molecule has 0 aromatic carbocycles. The minimum atomic E-state index is -0.0820. The Labute approximate surface area is 67.9 Å². The highest BCUT2D eigenvalue weighted by molar-refractivity contribution is 6.64. The van der Waals surface area contributed by atoms with Gasteiger partial charge in [-0.3, -0.25) is 4.99 Å². The van der Waals surface area contributed by atoms with Crippen LogP contribution in [0.5, 0.6) is 0 Å². The van der Waals surface area contributed by atoms with E-state index >= 15 is 0 Å². The molecule has 60 valence electrons. The van der Waals surface area contributed by atoms with Crippen LogP contribution in [0.2, 0.25) is 0 Å². The molecule has 3 heteroatoms. The van der Waals surface area contributed by atoms with Gasteiger partial charge in [-0.1, -0.05) is 0 Å². The van der Waals surface area contributed by atoms with Crippen LogP contribution < -0.4 is 0 Å². The number of amidine groups is 1. The van der Waals surface area contributed by atoms with Gasteiger partial charge in [0.05, 0.1) is 5.54 Å². The Morgan fingerprint density at radius 1 is 1.30 bits per heavy atom. The first kappa shape index (κ1) is 9.76. The lowest BCUT2D eigenvalue weighted by molar-refractivity contribution is 0.555. The Morgan fingerprint density at radius 3 is 1.80 bits per heavy atom. The second-order valence-electron chi connectivity index (χ2n) is 3.45. The molecule has 0 aromatic rings. The van der Waals surface area contributed by atoms with Crippen LogP contribution in [0.3, 0.4) is 0 Å². The molecule has 2 nitrogen and oxygen atoms in total. The minimum absolute atomic E-state index is 0.0820. The SMILES string of the molecule is CN(C)C(Cl)=NC(C)(C)C. The third kappa shape index (κ3) is 4.62. The van der Waals surface area contributed by atoms with Crippen molar-refractivity contribution >= 4 is 16.9 Å². The van der Waals surface area contributed by atoms with Gasteiger partial charge in [-0.25, -0.2) is 0 Å². The monoisotopic (exact) mass is 162 g/mol. The molecule has 0 aliphatic rings. The van der Waals surface area contributed by atoms with E-state index < -0.39 is 0 Å². The summed E-state index contributed by atoms with van der Waals surface area (Å²) in [6, 6.07) is 0. The lowest BCUT2D eigenvalue weighted by Crippen LogP contribution is -2.21. The Hall–Kier alpha value is -0.240. The number of hydrogen-bond donors (Lipinski definition) is 0. The summed E-state index contributed by atoms with van der Waals surface area (Å²) in [5.41, 5.74) is -0.0820. The van der Waals surface area contributed by atoms with E-state index in [1.807, 2.05) is 34.9 Å². The zero-order valence-corrected chi connectivity index (χ0v) is 8.03. The van der Waals surface area contributed by atoms with Crippen molar-refractivity contribution in [3.05, 3.63) is 0 Å². The molecule has 0 unspecified atom stereocenters. The summed E-state index contributed by atoms with van der Waals surface area (Å²) in [5.74, 6) is 0.